The third-order valence-electron chi connectivity index (χ3n) is 8.80. The minimum absolute atomic E-state index is 0. The molecule has 2 fully saturated rings. The van der Waals surface area contributed by atoms with Crippen molar-refractivity contribution in [1.29, 1.82) is 0 Å². The Morgan fingerprint density at radius 2 is 2.05 bits per heavy atom. The fourth-order valence-electron chi connectivity index (χ4n) is 6.07. The summed E-state index contributed by atoms with van der Waals surface area (Å²) in [6, 6.07) is 8.16. The smallest absolute Gasteiger partial charge is 0.222 e. The van der Waals surface area contributed by atoms with Crippen LogP contribution in [-0.4, -0.2) is 72.4 Å². The molecule has 3 rings (SSSR count). The van der Waals surface area contributed by atoms with E-state index in [9.17, 15) is 14.7 Å². The number of phenols is 1. The molecule has 1 amide bonds. The van der Waals surface area contributed by atoms with E-state index < -0.39 is 0 Å². The first-order valence-corrected chi connectivity index (χ1v) is 14.3. The molecule has 2 aliphatic rings. The van der Waals surface area contributed by atoms with Crippen molar-refractivity contribution >= 4 is 24.6 Å². The quantitative estimate of drug-likeness (QED) is 0.269. The Bertz CT molecular complexity index is 832. The average molecular weight is 536 g/mol. The first-order valence-electron chi connectivity index (χ1n) is 14.3. The van der Waals surface area contributed by atoms with E-state index in [0.29, 0.717) is 42.4 Å². The number of benzene rings is 1. The average Bonchev–Trinajstić information content (AvgIpc) is 2.87. The van der Waals surface area contributed by atoms with Gasteiger partial charge in [-0.05, 0) is 80.3 Å². The minimum atomic E-state index is 0. The summed E-state index contributed by atoms with van der Waals surface area (Å²) in [5, 5.41) is 13.4. The van der Waals surface area contributed by atoms with Crippen LogP contribution in [0.3, 0.4) is 0 Å². The standard InChI is InChI=1S/C30H49N3O3.ClH/c1-24(14-20-34)22-31-16-8-13-29(36)33(27-10-5-4-6-11-27)19-18-32-17-15-30(3,25(2)23-32)26-9-7-12-28(35)21-26;/h7,9,12,20-21,24-25,27,31,35H,4-6,8,10-11,13-19,22-23H2,1-3H3;1H. The second kappa shape index (κ2) is 15.7. The molecule has 2 N–H and O–H groups in total. The number of piperidine rings is 1. The lowest BCUT2D eigenvalue weighted by Crippen LogP contribution is -2.51. The molecule has 1 saturated heterocycles. The van der Waals surface area contributed by atoms with Crippen molar-refractivity contribution in [1.82, 2.24) is 15.1 Å². The molecule has 0 aromatic heterocycles. The normalized spacial score (nSPS) is 23.7. The van der Waals surface area contributed by atoms with E-state index >= 15 is 0 Å². The number of hydrogen-bond donors (Lipinski definition) is 2. The largest absolute Gasteiger partial charge is 0.508 e. The van der Waals surface area contributed by atoms with Gasteiger partial charge in [0.25, 0.3) is 0 Å². The summed E-state index contributed by atoms with van der Waals surface area (Å²) >= 11 is 0. The molecule has 1 aromatic rings. The van der Waals surface area contributed by atoms with Gasteiger partial charge in [-0.1, -0.05) is 52.2 Å². The minimum Gasteiger partial charge on any atom is -0.508 e. The highest BCUT2D eigenvalue weighted by Crippen LogP contribution is 2.40. The highest BCUT2D eigenvalue weighted by Gasteiger charge is 2.38. The molecular formula is C30H50ClN3O3. The molecule has 3 atom stereocenters. The molecule has 0 radical (unpaired) electrons. The number of carbonyl (C=O) groups is 2. The van der Waals surface area contributed by atoms with Gasteiger partial charge in [0.15, 0.2) is 0 Å². The number of phenolic OH excluding ortho intramolecular Hbond substituents is 1. The third kappa shape index (κ3) is 9.26. The van der Waals surface area contributed by atoms with Gasteiger partial charge in [0.1, 0.15) is 12.0 Å². The number of amides is 1. The zero-order chi connectivity index (χ0) is 26.0. The van der Waals surface area contributed by atoms with Crippen molar-refractivity contribution in [2.75, 3.05) is 39.3 Å². The van der Waals surface area contributed by atoms with Crippen molar-refractivity contribution in [3.8, 4) is 5.75 Å². The maximum atomic E-state index is 13.3. The van der Waals surface area contributed by atoms with Gasteiger partial charge < -0.3 is 25.0 Å². The molecule has 210 valence electrons. The number of likely N-dealkylation sites (tertiary alicyclic amines) is 1. The predicted molar refractivity (Wildman–Crippen MR) is 153 cm³/mol. The first-order chi connectivity index (χ1) is 17.3. The zero-order valence-electron chi connectivity index (χ0n) is 23.3. The first kappa shape index (κ1) is 31.6. The van der Waals surface area contributed by atoms with E-state index in [1.807, 2.05) is 12.1 Å². The molecule has 1 aromatic carbocycles. The van der Waals surface area contributed by atoms with Crippen molar-refractivity contribution < 1.29 is 14.7 Å². The molecule has 7 heteroatoms. The summed E-state index contributed by atoms with van der Waals surface area (Å²) in [5.74, 6) is 1.47. The number of carbonyl (C=O) groups excluding carboxylic acids is 2. The van der Waals surface area contributed by atoms with Gasteiger partial charge in [-0.2, -0.15) is 0 Å². The molecule has 1 aliphatic carbocycles. The zero-order valence-corrected chi connectivity index (χ0v) is 24.1. The van der Waals surface area contributed by atoms with Crippen LogP contribution < -0.4 is 5.32 Å². The van der Waals surface area contributed by atoms with E-state index in [1.165, 1.54) is 24.8 Å². The van der Waals surface area contributed by atoms with Crippen LogP contribution in [0, 0.1) is 11.8 Å². The molecular weight excluding hydrogens is 486 g/mol. The third-order valence-corrected chi connectivity index (χ3v) is 8.80. The number of aromatic hydroxyl groups is 1. The maximum Gasteiger partial charge on any atom is 0.222 e. The summed E-state index contributed by atoms with van der Waals surface area (Å²) in [4.78, 5) is 28.7. The lowest BCUT2D eigenvalue weighted by atomic mass is 9.68. The molecule has 0 bridgehead atoms. The number of halogens is 1. The van der Waals surface area contributed by atoms with Crippen LogP contribution in [0.2, 0.25) is 0 Å². The highest BCUT2D eigenvalue weighted by molar-refractivity contribution is 5.85. The predicted octanol–water partition coefficient (Wildman–Crippen LogP) is 5.17. The van der Waals surface area contributed by atoms with Gasteiger partial charge in [0.2, 0.25) is 5.91 Å². The fraction of sp³-hybridized carbons (Fsp3) is 0.733. The van der Waals surface area contributed by atoms with Gasteiger partial charge in [-0.25, -0.2) is 0 Å². The van der Waals surface area contributed by atoms with E-state index in [4.69, 9.17) is 0 Å². The van der Waals surface area contributed by atoms with Crippen LogP contribution in [0.15, 0.2) is 24.3 Å². The van der Waals surface area contributed by atoms with Gasteiger partial charge >= 0.3 is 0 Å². The lowest BCUT2D eigenvalue weighted by Gasteiger charge is -2.46. The molecule has 0 spiro atoms. The van der Waals surface area contributed by atoms with Gasteiger partial charge in [0, 0.05) is 38.5 Å². The van der Waals surface area contributed by atoms with E-state index in [0.717, 1.165) is 71.2 Å². The summed E-state index contributed by atoms with van der Waals surface area (Å²) in [6.45, 7) is 12.2. The molecule has 1 saturated carbocycles. The Balaban J connectivity index is 0.00000481. The molecule has 37 heavy (non-hydrogen) atoms. The molecule has 3 unspecified atom stereocenters. The maximum absolute atomic E-state index is 13.3. The SMILES string of the molecule is CC(CC=O)CNCCCC(=O)N(CCN1CCC(C)(c2cccc(O)c2)C(C)C1)C1CCCCC1.Cl. The second-order valence-electron chi connectivity index (χ2n) is 11.6. The van der Waals surface area contributed by atoms with Crippen LogP contribution in [0.1, 0.15) is 84.1 Å². The Hall–Kier alpha value is -1.63. The van der Waals surface area contributed by atoms with Crippen molar-refractivity contribution in [2.45, 2.75) is 90.0 Å². The molecule has 1 heterocycles. The molecule has 1 aliphatic heterocycles. The topological polar surface area (TPSA) is 72.9 Å². The Morgan fingerprint density at radius 1 is 1.30 bits per heavy atom. The number of nitrogens with zero attached hydrogens (tertiary/aromatic N) is 2. The second-order valence-corrected chi connectivity index (χ2v) is 11.6. The Kier molecular flexibility index (Phi) is 13.4. The number of rotatable bonds is 13. The Morgan fingerprint density at radius 3 is 2.73 bits per heavy atom. The van der Waals surface area contributed by atoms with Gasteiger partial charge in [-0.15, -0.1) is 12.4 Å². The van der Waals surface area contributed by atoms with E-state index in [-0.39, 0.29) is 17.8 Å². The summed E-state index contributed by atoms with van der Waals surface area (Å²) < 4.78 is 0. The van der Waals surface area contributed by atoms with Crippen LogP contribution >= 0.6 is 12.4 Å². The van der Waals surface area contributed by atoms with E-state index in [2.05, 4.69) is 42.0 Å². The number of nitrogens with one attached hydrogen (secondary N) is 1. The van der Waals surface area contributed by atoms with Crippen molar-refractivity contribution in [2.24, 2.45) is 11.8 Å². The van der Waals surface area contributed by atoms with Crippen LogP contribution in [0.25, 0.3) is 0 Å². The summed E-state index contributed by atoms with van der Waals surface area (Å²) in [5.41, 5.74) is 1.28. The van der Waals surface area contributed by atoms with Gasteiger partial charge in [-0.3, -0.25) is 4.79 Å². The summed E-state index contributed by atoms with van der Waals surface area (Å²) in [6.07, 6.45) is 10.1. The van der Waals surface area contributed by atoms with Gasteiger partial charge in [0.05, 0.1) is 0 Å². The van der Waals surface area contributed by atoms with Crippen LogP contribution in [-0.2, 0) is 15.0 Å². The number of aldehydes is 1. The monoisotopic (exact) mass is 535 g/mol. The van der Waals surface area contributed by atoms with Crippen molar-refractivity contribution in [3.63, 3.8) is 0 Å². The highest BCUT2D eigenvalue weighted by atomic mass is 35.5. The van der Waals surface area contributed by atoms with E-state index in [1.54, 1.807) is 6.07 Å². The van der Waals surface area contributed by atoms with Crippen LogP contribution in [0.5, 0.6) is 5.75 Å². The van der Waals surface area contributed by atoms with Crippen LogP contribution in [0.4, 0.5) is 0 Å². The fourth-order valence-corrected chi connectivity index (χ4v) is 6.07. The lowest BCUT2D eigenvalue weighted by molar-refractivity contribution is -0.134. The number of hydrogen-bond acceptors (Lipinski definition) is 5. The Labute approximate surface area is 231 Å². The summed E-state index contributed by atoms with van der Waals surface area (Å²) in [7, 11) is 0. The van der Waals surface area contributed by atoms with Crippen molar-refractivity contribution in [3.05, 3.63) is 29.8 Å². The molecule has 6 nitrogen and oxygen atoms in total.